The average Bonchev–Trinajstić information content (AvgIpc) is 2.56. The Bertz CT molecular complexity index is 558. The molecule has 1 aromatic carbocycles. The zero-order valence-electron chi connectivity index (χ0n) is 14.2. The van der Waals surface area contributed by atoms with Crippen LogP contribution >= 0.6 is 24.0 Å². The molecule has 1 aliphatic rings. The predicted molar refractivity (Wildman–Crippen MR) is 99.0 cm³/mol. The van der Waals surface area contributed by atoms with Crippen LogP contribution in [0, 0.1) is 0 Å². The van der Waals surface area contributed by atoms with Crippen LogP contribution in [0.5, 0.6) is 11.5 Å². The summed E-state index contributed by atoms with van der Waals surface area (Å²) in [5.41, 5.74) is 0.556. The van der Waals surface area contributed by atoms with E-state index in [0.29, 0.717) is 34.8 Å². The monoisotopic (exact) mass is 377 g/mol. The normalized spacial score (nSPS) is 17.8. The van der Waals surface area contributed by atoms with Gasteiger partial charge in [0.1, 0.15) is 11.5 Å². The number of rotatable bonds is 6. The highest BCUT2D eigenvalue weighted by molar-refractivity contribution is 6.32. The van der Waals surface area contributed by atoms with Gasteiger partial charge in [0.05, 0.1) is 31.5 Å². The Morgan fingerprint density at radius 1 is 1.33 bits per heavy atom. The molecule has 1 aromatic rings. The molecule has 24 heavy (non-hydrogen) atoms. The molecule has 1 heterocycles. The third-order valence-electron chi connectivity index (χ3n) is 4.03. The number of anilines is 1. The molecule has 136 valence electrons. The number of amides is 1. The second-order valence-corrected chi connectivity index (χ2v) is 6.01. The van der Waals surface area contributed by atoms with Gasteiger partial charge < -0.3 is 20.1 Å². The number of carbonyl (C=O) groups excluding carboxylic acids is 1. The molecular weight excluding hydrogens is 353 g/mol. The molecule has 0 aliphatic carbocycles. The van der Waals surface area contributed by atoms with E-state index in [4.69, 9.17) is 21.1 Å². The molecular formula is C16H25Cl2N3O3. The molecule has 1 aliphatic heterocycles. The summed E-state index contributed by atoms with van der Waals surface area (Å²) >= 11 is 6.07. The van der Waals surface area contributed by atoms with E-state index in [0.717, 1.165) is 25.9 Å². The summed E-state index contributed by atoms with van der Waals surface area (Å²) in [4.78, 5) is 14.5. The highest BCUT2D eigenvalue weighted by Gasteiger charge is 2.21. The molecule has 1 fully saturated rings. The van der Waals surface area contributed by atoms with Crippen LogP contribution in [0.4, 0.5) is 5.69 Å². The number of likely N-dealkylation sites (tertiary alicyclic amines) is 1. The zero-order valence-corrected chi connectivity index (χ0v) is 15.8. The number of ether oxygens (including phenoxy) is 2. The zero-order chi connectivity index (χ0) is 16.8. The molecule has 1 unspecified atom stereocenters. The Hall–Kier alpha value is -1.21. The van der Waals surface area contributed by atoms with Gasteiger partial charge in [-0.1, -0.05) is 11.6 Å². The predicted octanol–water partition coefficient (Wildman–Crippen LogP) is 2.40. The largest absolute Gasteiger partial charge is 0.495 e. The summed E-state index contributed by atoms with van der Waals surface area (Å²) in [5, 5.41) is 6.59. The number of hydrogen-bond acceptors (Lipinski definition) is 5. The lowest BCUT2D eigenvalue weighted by molar-refractivity contribution is -0.117. The Labute approximate surface area is 154 Å². The van der Waals surface area contributed by atoms with E-state index in [9.17, 15) is 4.79 Å². The highest BCUT2D eigenvalue weighted by Crippen LogP contribution is 2.35. The van der Waals surface area contributed by atoms with Crippen molar-refractivity contribution >= 4 is 35.6 Å². The maximum atomic E-state index is 12.3. The third-order valence-corrected chi connectivity index (χ3v) is 4.32. The van der Waals surface area contributed by atoms with E-state index in [2.05, 4.69) is 15.5 Å². The number of hydrogen-bond donors (Lipinski definition) is 2. The van der Waals surface area contributed by atoms with E-state index in [1.54, 1.807) is 12.1 Å². The van der Waals surface area contributed by atoms with E-state index in [1.807, 2.05) is 7.05 Å². The van der Waals surface area contributed by atoms with Crippen LogP contribution < -0.4 is 20.1 Å². The summed E-state index contributed by atoms with van der Waals surface area (Å²) in [5.74, 6) is 0.927. The Kier molecular flexibility index (Phi) is 8.62. The summed E-state index contributed by atoms with van der Waals surface area (Å²) < 4.78 is 10.5. The first kappa shape index (κ1) is 20.8. The maximum absolute atomic E-state index is 12.3. The van der Waals surface area contributed by atoms with Crippen LogP contribution in [0.15, 0.2) is 12.1 Å². The number of nitrogens with zero attached hydrogens (tertiary/aromatic N) is 1. The number of likely N-dealkylation sites (N-methyl/N-ethyl adjacent to an activating group) is 1. The summed E-state index contributed by atoms with van der Waals surface area (Å²) in [6.07, 6.45) is 2.24. The van der Waals surface area contributed by atoms with Crippen LogP contribution in [0.2, 0.25) is 5.02 Å². The highest BCUT2D eigenvalue weighted by atomic mass is 35.5. The van der Waals surface area contributed by atoms with Gasteiger partial charge in [-0.3, -0.25) is 9.69 Å². The van der Waals surface area contributed by atoms with Gasteiger partial charge in [0.2, 0.25) is 5.91 Å². The van der Waals surface area contributed by atoms with Crippen LogP contribution in [0.3, 0.4) is 0 Å². The second-order valence-electron chi connectivity index (χ2n) is 5.60. The maximum Gasteiger partial charge on any atom is 0.238 e. The molecule has 0 saturated carbocycles. The van der Waals surface area contributed by atoms with Crippen molar-refractivity contribution in [3.63, 3.8) is 0 Å². The lowest BCUT2D eigenvalue weighted by atomic mass is 10.1. The minimum absolute atomic E-state index is 0. The second kappa shape index (κ2) is 9.93. The van der Waals surface area contributed by atoms with Crippen molar-refractivity contribution in [3.8, 4) is 11.5 Å². The Morgan fingerprint density at radius 3 is 2.67 bits per heavy atom. The van der Waals surface area contributed by atoms with E-state index >= 15 is 0 Å². The van der Waals surface area contributed by atoms with Crippen LogP contribution in [0.1, 0.15) is 12.8 Å². The minimum Gasteiger partial charge on any atom is -0.495 e. The van der Waals surface area contributed by atoms with Crippen LogP contribution in [-0.2, 0) is 4.79 Å². The van der Waals surface area contributed by atoms with Gasteiger partial charge in [0, 0.05) is 24.7 Å². The van der Waals surface area contributed by atoms with Crippen molar-refractivity contribution in [1.82, 2.24) is 10.2 Å². The molecule has 6 nitrogen and oxygen atoms in total. The van der Waals surface area contributed by atoms with Crippen molar-refractivity contribution < 1.29 is 14.3 Å². The average molecular weight is 378 g/mol. The van der Waals surface area contributed by atoms with Gasteiger partial charge in [-0.25, -0.2) is 0 Å². The molecule has 0 spiro atoms. The van der Waals surface area contributed by atoms with Gasteiger partial charge in [-0.05, 0) is 26.4 Å². The van der Waals surface area contributed by atoms with E-state index in [1.165, 1.54) is 14.2 Å². The van der Waals surface area contributed by atoms with Gasteiger partial charge in [0.25, 0.3) is 0 Å². The number of benzene rings is 1. The van der Waals surface area contributed by atoms with E-state index < -0.39 is 0 Å². The molecule has 0 aromatic heterocycles. The quantitative estimate of drug-likeness (QED) is 0.796. The lowest BCUT2D eigenvalue weighted by Crippen LogP contribution is -2.46. The molecule has 1 saturated heterocycles. The van der Waals surface area contributed by atoms with Gasteiger partial charge in [-0.2, -0.15) is 0 Å². The standard InChI is InChI=1S/C16H24ClN3O3.ClH/c1-18-11-5-4-6-20(9-11)10-16(21)19-13-8-14(22-2)12(17)7-15(13)23-3;/h7-8,11,18H,4-6,9-10H2,1-3H3,(H,19,21);1H. The molecule has 2 N–H and O–H groups in total. The van der Waals surface area contributed by atoms with E-state index in [-0.39, 0.29) is 18.3 Å². The first-order valence-corrected chi connectivity index (χ1v) is 8.06. The fourth-order valence-electron chi connectivity index (χ4n) is 2.79. The summed E-state index contributed by atoms with van der Waals surface area (Å²) in [6.45, 7) is 2.17. The number of halogens is 2. The van der Waals surface area contributed by atoms with Crippen molar-refractivity contribution in [3.05, 3.63) is 17.2 Å². The first-order valence-electron chi connectivity index (χ1n) is 7.68. The van der Waals surface area contributed by atoms with Crippen molar-refractivity contribution in [2.75, 3.05) is 46.2 Å². The number of carbonyl (C=O) groups is 1. The molecule has 1 amide bonds. The molecule has 0 bridgehead atoms. The Morgan fingerprint density at radius 2 is 2.04 bits per heavy atom. The summed E-state index contributed by atoms with van der Waals surface area (Å²) in [6, 6.07) is 3.75. The molecule has 2 rings (SSSR count). The smallest absolute Gasteiger partial charge is 0.238 e. The number of piperidine rings is 1. The number of nitrogens with one attached hydrogen (secondary N) is 2. The fourth-order valence-corrected chi connectivity index (χ4v) is 3.02. The number of methoxy groups -OCH3 is 2. The minimum atomic E-state index is -0.0792. The SMILES string of the molecule is CNC1CCCN(CC(=O)Nc2cc(OC)c(Cl)cc2OC)C1.Cl. The Balaban J connectivity index is 0.00000288. The van der Waals surface area contributed by atoms with Crippen molar-refractivity contribution in [2.45, 2.75) is 18.9 Å². The summed E-state index contributed by atoms with van der Waals surface area (Å²) in [7, 11) is 5.03. The molecule has 0 radical (unpaired) electrons. The topological polar surface area (TPSA) is 62.8 Å². The van der Waals surface area contributed by atoms with Crippen LogP contribution in [0.25, 0.3) is 0 Å². The van der Waals surface area contributed by atoms with Crippen molar-refractivity contribution in [2.24, 2.45) is 0 Å². The van der Waals surface area contributed by atoms with Crippen molar-refractivity contribution in [1.29, 1.82) is 0 Å². The third kappa shape index (κ3) is 5.41. The molecule has 8 heteroatoms. The lowest BCUT2D eigenvalue weighted by Gasteiger charge is -2.31. The molecule has 1 atom stereocenters. The fraction of sp³-hybridized carbons (Fsp3) is 0.562. The van der Waals surface area contributed by atoms with Gasteiger partial charge >= 0.3 is 0 Å². The van der Waals surface area contributed by atoms with Gasteiger partial charge in [-0.15, -0.1) is 12.4 Å². The van der Waals surface area contributed by atoms with Crippen LogP contribution in [-0.4, -0.2) is 57.8 Å². The first-order chi connectivity index (χ1) is 11.1. The van der Waals surface area contributed by atoms with Gasteiger partial charge in [0.15, 0.2) is 0 Å².